The standard InChI is InChI=1S/C15H12ClN3OS/c16-14-6-5-9(21-14)8-18-15(20)13-7-11(17)10-3-1-2-4-12(10)19-13/h1-7H,8H2,(H2,17,19)(H,18,20). The van der Waals surface area contributed by atoms with Crippen LogP contribution in [-0.2, 0) is 6.54 Å². The summed E-state index contributed by atoms with van der Waals surface area (Å²) < 4.78 is 0.701. The number of aromatic nitrogens is 1. The van der Waals surface area contributed by atoms with Gasteiger partial charge in [0, 0.05) is 16.0 Å². The van der Waals surface area contributed by atoms with Crippen molar-refractivity contribution in [3.8, 4) is 0 Å². The van der Waals surface area contributed by atoms with E-state index in [1.807, 2.05) is 30.3 Å². The van der Waals surface area contributed by atoms with E-state index in [9.17, 15) is 4.79 Å². The molecule has 0 saturated carbocycles. The third kappa shape index (κ3) is 2.99. The van der Waals surface area contributed by atoms with E-state index in [4.69, 9.17) is 17.3 Å². The van der Waals surface area contributed by atoms with Crippen molar-refractivity contribution in [2.24, 2.45) is 0 Å². The van der Waals surface area contributed by atoms with Crippen molar-refractivity contribution in [2.75, 3.05) is 5.73 Å². The van der Waals surface area contributed by atoms with Crippen molar-refractivity contribution in [2.45, 2.75) is 6.54 Å². The summed E-state index contributed by atoms with van der Waals surface area (Å²) in [5.41, 5.74) is 7.54. The summed E-state index contributed by atoms with van der Waals surface area (Å²) in [6.07, 6.45) is 0. The number of hydrogen-bond acceptors (Lipinski definition) is 4. The Morgan fingerprint density at radius 1 is 1.29 bits per heavy atom. The first-order valence-corrected chi connectivity index (χ1v) is 7.50. The molecular weight excluding hydrogens is 306 g/mol. The Bertz CT molecular complexity index is 816. The molecule has 0 fully saturated rings. The minimum Gasteiger partial charge on any atom is -0.398 e. The van der Waals surface area contributed by atoms with Crippen molar-refractivity contribution in [3.63, 3.8) is 0 Å². The maximum atomic E-state index is 12.2. The number of rotatable bonds is 3. The lowest BCUT2D eigenvalue weighted by Crippen LogP contribution is -2.23. The van der Waals surface area contributed by atoms with Crippen molar-refractivity contribution >= 4 is 45.4 Å². The molecule has 0 bridgehead atoms. The summed E-state index contributed by atoms with van der Waals surface area (Å²) in [7, 11) is 0. The number of halogens is 1. The molecule has 3 rings (SSSR count). The maximum Gasteiger partial charge on any atom is 0.270 e. The first-order valence-electron chi connectivity index (χ1n) is 6.31. The third-order valence-electron chi connectivity index (χ3n) is 3.03. The molecule has 0 atom stereocenters. The minimum atomic E-state index is -0.253. The van der Waals surface area contributed by atoms with Gasteiger partial charge in [0.15, 0.2) is 0 Å². The molecule has 0 radical (unpaired) electrons. The van der Waals surface area contributed by atoms with Crippen molar-refractivity contribution in [1.82, 2.24) is 10.3 Å². The summed E-state index contributed by atoms with van der Waals surface area (Å²) >= 11 is 7.29. The summed E-state index contributed by atoms with van der Waals surface area (Å²) in [4.78, 5) is 17.5. The van der Waals surface area contributed by atoms with Crippen LogP contribution < -0.4 is 11.1 Å². The van der Waals surface area contributed by atoms with Crippen LogP contribution >= 0.6 is 22.9 Å². The second-order valence-corrected chi connectivity index (χ2v) is 6.30. The molecule has 2 heterocycles. The second-order valence-electron chi connectivity index (χ2n) is 4.50. The minimum absolute atomic E-state index is 0.253. The zero-order valence-electron chi connectivity index (χ0n) is 11.0. The first kappa shape index (κ1) is 13.9. The largest absolute Gasteiger partial charge is 0.398 e. The SMILES string of the molecule is Nc1cc(C(=O)NCc2ccc(Cl)s2)nc2ccccc12. The van der Waals surface area contributed by atoms with Crippen molar-refractivity contribution in [3.05, 3.63) is 57.4 Å². The normalized spacial score (nSPS) is 10.7. The number of benzene rings is 1. The van der Waals surface area contributed by atoms with Gasteiger partial charge in [-0.2, -0.15) is 0 Å². The van der Waals surface area contributed by atoms with Gasteiger partial charge in [-0.05, 0) is 24.3 Å². The van der Waals surface area contributed by atoms with Gasteiger partial charge in [0.2, 0.25) is 0 Å². The van der Waals surface area contributed by atoms with Crippen LogP contribution in [0.5, 0.6) is 0 Å². The molecule has 0 aliphatic carbocycles. The van der Waals surface area contributed by atoms with Gasteiger partial charge >= 0.3 is 0 Å². The Hall–Kier alpha value is -2.11. The lowest BCUT2D eigenvalue weighted by Gasteiger charge is -2.06. The number of carbonyl (C=O) groups excluding carboxylic acids is 1. The number of carbonyl (C=O) groups is 1. The zero-order valence-corrected chi connectivity index (χ0v) is 12.5. The lowest BCUT2D eigenvalue weighted by molar-refractivity contribution is 0.0946. The van der Waals surface area contributed by atoms with Crippen LogP contribution in [0.3, 0.4) is 0 Å². The highest BCUT2D eigenvalue weighted by Crippen LogP contribution is 2.22. The topological polar surface area (TPSA) is 68.0 Å². The number of anilines is 1. The highest BCUT2D eigenvalue weighted by molar-refractivity contribution is 7.16. The number of fused-ring (bicyclic) bond motifs is 1. The Balaban J connectivity index is 1.81. The fraction of sp³-hybridized carbons (Fsp3) is 0.0667. The number of amides is 1. The van der Waals surface area contributed by atoms with Crippen LogP contribution in [0.2, 0.25) is 4.34 Å². The van der Waals surface area contributed by atoms with Crippen LogP contribution in [0.15, 0.2) is 42.5 Å². The molecule has 0 unspecified atom stereocenters. The number of thiophene rings is 1. The fourth-order valence-corrected chi connectivity index (χ4v) is 3.05. The number of para-hydroxylation sites is 1. The second kappa shape index (κ2) is 5.71. The lowest BCUT2D eigenvalue weighted by atomic mass is 10.1. The van der Waals surface area contributed by atoms with Crippen molar-refractivity contribution in [1.29, 1.82) is 0 Å². The van der Waals surface area contributed by atoms with Gasteiger partial charge < -0.3 is 11.1 Å². The average molecular weight is 318 g/mol. The van der Waals surface area contributed by atoms with Crippen molar-refractivity contribution < 1.29 is 4.79 Å². The molecule has 21 heavy (non-hydrogen) atoms. The highest BCUT2D eigenvalue weighted by Gasteiger charge is 2.11. The molecule has 0 saturated heterocycles. The van der Waals surface area contributed by atoms with E-state index in [1.165, 1.54) is 11.3 Å². The Labute approximate surface area is 130 Å². The molecule has 3 aromatic rings. The quantitative estimate of drug-likeness (QED) is 0.777. The molecular formula is C15H12ClN3OS. The number of pyridine rings is 1. The van der Waals surface area contributed by atoms with Gasteiger partial charge in [0.05, 0.1) is 16.4 Å². The highest BCUT2D eigenvalue weighted by atomic mass is 35.5. The van der Waals surface area contributed by atoms with Gasteiger partial charge in [-0.3, -0.25) is 4.79 Å². The molecule has 3 N–H and O–H groups in total. The average Bonchev–Trinajstić information content (AvgIpc) is 2.90. The Kier molecular flexibility index (Phi) is 3.77. The summed E-state index contributed by atoms with van der Waals surface area (Å²) in [6, 6.07) is 12.8. The predicted octanol–water partition coefficient (Wildman–Crippen LogP) is 3.46. The molecule has 4 nitrogen and oxygen atoms in total. The van der Waals surface area contributed by atoms with E-state index in [-0.39, 0.29) is 5.91 Å². The number of nitrogens with one attached hydrogen (secondary N) is 1. The molecule has 0 aliphatic heterocycles. The maximum absolute atomic E-state index is 12.2. The zero-order chi connectivity index (χ0) is 14.8. The van der Waals surface area contributed by atoms with E-state index in [1.54, 1.807) is 12.1 Å². The number of nitrogens with two attached hydrogens (primary N) is 1. The van der Waals surface area contributed by atoms with Gasteiger partial charge in [-0.15, -0.1) is 11.3 Å². The summed E-state index contributed by atoms with van der Waals surface area (Å²) in [5, 5.41) is 3.66. The van der Waals surface area contributed by atoms with E-state index < -0.39 is 0 Å². The summed E-state index contributed by atoms with van der Waals surface area (Å²) in [6.45, 7) is 0.421. The van der Waals surface area contributed by atoms with E-state index in [2.05, 4.69) is 10.3 Å². The number of nitrogen functional groups attached to an aromatic ring is 1. The molecule has 1 aromatic carbocycles. The van der Waals surface area contributed by atoms with E-state index in [0.29, 0.717) is 27.8 Å². The van der Waals surface area contributed by atoms with Gasteiger partial charge in [-0.25, -0.2) is 4.98 Å². The first-order chi connectivity index (χ1) is 10.1. The van der Waals surface area contributed by atoms with E-state index in [0.717, 1.165) is 10.3 Å². The van der Waals surface area contributed by atoms with Crippen LogP contribution in [-0.4, -0.2) is 10.9 Å². The molecule has 0 aliphatic rings. The Morgan fingerprint density at radius 3 is 2.86 bits per heavy atom. The predicted molar refractivity (Wildman–Crippen MR) is 86.7 cm³/mol. The monoisotopic (exact) mass is 317 g/mol. The smallest absolute Gasteiger partial charge is 0.270 e. The molecule has 1 amide bonds. The van der Waals surface area contributed by atoms with Gasteiger partial charge in [0.25, 0.3) is 5.91 Å². The molecule has 2 aromatic heterocycles. The fourth-order valence-electron chi connectivity index (χ4n) is 2.02. The summed E-state index contributed by atoms with van der Waals surface area (Å²) in [5.74, 6) is -0.253. The molecule has 6 heteroatoms. The van der Waals surface area contributed by atoms with Gasteiger partial charge in [-0.1, -0.05) is 29.8 Å². The van der Waals surface area contributed by atoms with Crippen LogP contribution in [0, 0.1) is 0 Å². The van der Waals surface area contributed by atoms with Crippen LogP contribution in [0.25, 0.3) is 10.9 Å². The molecule has 0 spiro atoms. The Morgan fingerprint density at radius 2 is 2.10 bits per heavy atom. The molecule has 106 valence electrons. The number of nitrogens with zero attached hydrogens (tertiary/aromatic N) is 1. The van der Waals surface area contributed by atoms with Crippen LogP contribution in [0.4, 0.5) is 5.69 Å². The van der Waals surface area contributed by atoms with Gasteiger partial charge in [0.1, 0.15) is 5.69 Å². The van der Waals surface area contributed by atoms with Crippen LogP contribution in [0.1, 0.15) is 15.4 Å². The number of hydrogen-bond donors (Lipinski definition) is 2. The third-order valence-corrected chi connectivity index (χ3v) is 4.26. The van der Waals surface area contributed by atoms with E-state index >= 15 is 0 Å².